The van der Waals surface area contributed by atoms with Crippen molar-refractivity contribution < 1.29 is 9.53 Å². The van der Waals surface area contributed by atoms with Crippen LogP contribution in [0.25, 0.3) is 21.9 Å². The Bertz CT molecular complexity index is 1280. The number of aromatic nitrogens is 3. The Morgan fingerprint density at radius 3 is 2.90 bits per heavy atom. The Balaban J connectivity index is 1.65. The summed E-state index contributed by atoms with van der Waals surface area (Å²) in [6, 6.07) is 14.6. The van der Waals surface area contributed by atoms with E-state index < -0.39 is 0 Å². The number of H-pyrrole nitrogens is 1. The highest BCUT2D eigenvalue weighted by atomic mass is 35.5. The van der Waals surface area contributed by atoms with E-state index in [1.807, 2.05) is 24.3 Å². The van der Waals surface area contributed by atoms with E-state index in [0.29, 0.717) is 40.1 Å². The van der Waals surface area contributed by atoms with Crippen molar-refractivity contribution in [1.82, 2.24) is 14.5 Å². The average molecular weight is 443 g/mol. The second-order valence-corrected chi connectivity index (χ2v) is 7.96. The summed E-state index contributed by atoms with van der Waals surface area (Å²) in [6.45, 7) is 0.696. The van der Waals surface area contributed by atoms with Gasteiger partial charge in [-0.3, -0.25) is 14.2 Å². The van der Waals surface area contributed by atoms with Crippen LogP contribution in [0.15, 0.2) is 58.5 Å². The van der Waals surface area contributed by atoms with Gasteiger partial charge >= 0.3 is 0 Å². The SMILES string of the molecule is COCCn1c(SCC(=O)Nc2cccc(Cl)c2)nc2c([nH]c3ccccc32)c1=O. The summed E-state index contributed by atoms with van der Waals surface area (Å²) in [4.78, 5) is 33.4. The highest BCUT2D eigenvalue weighted by Gasteiger charge is 2.17. The molecule has 0 atom stereocenters. The summed E-state index contributed by atoms with van der Waals surface area (Å²) < 4.78 is 6.68. The van der Waals surface area contributed by atoms with Gasteiger partial charge in [-0.1, -0.05) is 47.6 Å². The van der Waals surface area contributed by atoms with Gasteiger partial charge in [-0.25, -0.2) is 4.98 Å². The van der Waals surface area contributed by atoms with Crippen molar-refractivity contribution in [3.05, 3.63) is 63.9 Å². The van der Waals surface area contributed by atoms with Gasteiger partial charge in [0.05, 0.1) is 18.9 Å². The highest BCUT2D eigenvalue weighted by molar-refractivity contribution is 7.99. The molecule has 4 aromatic rings. The molecule has 7 nitrogen and oxygen atoms in total. The van der Waals surface area contributed by atoms with Gasteiger partial charge in [0.25, 0.3) is 5.56 Å². The molecule has 154 valence electrons. The molecule has 0 unspecified atom stereocenters. The second-order valence-electron chi connectivity index (χ2n) is 6.59. The minimum atomic E-state index is -0.214. The number of halogens is 1. The van der Waals surface area contributed by atoms with Crippen LogP contribution in [0.3, 0.4) is 0 Å². The third-order valence-electron chi connectivity index (χ3n) is 4.54. The van der Waals surface area contributed by atoms with Gasteiger partial charge < -0.3 is 15.0 Å². The Morgan fingerprint density at radius 1 is 1.27 bits per heavy atom. The quantitative estimate of drug-likeness (QED) is 0.334. The van der Waals surface area contributed by atoms with Gasteiger partial charge in [0.1, 0.15) is 11.0 Å². The van der Waals surface area contributed by atoms with E-state index in [2.05, 4.69) is 10.3 Å². The number of methoxy groups -OCH3 is 1. The number of rotatable bonds is 7. The normalized spacial score (nSPS) is 11.3. The number of aromatic amines is 1. The lowest BCUT2D eigenvalue weighted by atomic mass is 10.2. The van der Waals surface area contributed by atoms with Crippen LogP contribution in [0.5, 0.6) is 0 Å². The third kappa shape index (κ3) is 4.21. The maximum atomic E-state index is 13.1. The summed E-state index contributed by atoms with van der Waals surface area (Å²) in [7, 11) is 1.57. The van der Waals surface area contributed by atoms with Gasteiger partial charge in [0.2, 0.25) is 5.91 Å². The predicted molar refractivity (Wildman–Crippen MR) is 121 cm³/mol. The molecule has 2 aromatic heterocycles. The molecule has 0 bridgehead atoms. The molecular formula is C21H19ClN4O3S. The largest absolute Gasteiger partial charge is 0.383 e. The fourth-order valence-corrected chi connectivity index (χ4v) is 4.17. The first-order valence-electron chi connectivity index (χ1n) is 9.25. The van der Waals surface area contributed by atoms with Crippen molar-refractivity contribution in [1.29, 1.82) is 0 Å². The number of amides is 1. The van der Waals surface area contributed by atoms with E-state index in [1.165, 1.54) is 11.8 Å². The first-order valence-corrected chi connectivity index (χ1v) is 10.6. The van der Waals surface area contributed by atoms with Crippen LogP contribution < -0.4 is 10.9 Å². The first-order chi connectivity index (χ1) is 14.6. The molecule has 0 aliphatic heterocycles. The van der Waals surface area contributed by atoms with E-state index in [1.54, 1.807) is 35.9 Å². The molecule has 0 radical (unpaired) electrons. The van der Waals surface area contributed by atoms with Crippen LogP contribution in [-0.4, -0.2) is 39.9 Å². The molecule has 0 aliphatic carbocycles. The number of carbonyl (C=O) groups is 1. The molecule has 0 fully saturated rings. The summed E-state index contributed by atoms with van der Waals surface area (Å²) in [6.07, 6.45) is 0. The Morgan fingerprint density at radius 2 is 2.10 bits per heavy atom. The number of carbonyl (C=O) groups excluding carboxylic acids is 1. The number of anilines is 1. The van der Waals surface area contributed by atoms with Crippen LogP contribution in [0.1, 0.15) is 0 Å². The number of thioether (sulfide) groups is 1. The maximum absolute atomic E-state index is 13.1. The Labute approximate surface area is 181 Å². The number of ether oxygens (including phenoxy) is 1. The predicted octanol–water partition coefficient (Wildman–Crippen LogP) is 3.91. The molecule has 1 amide bonds. The van der Waals surface area contributed by atoms with E-state index in [9.17, 15) is 9.59 Å². The zero-order chi connectivity index (χ0) is 21.1. The average Bonchev–Trinajstić information content (AvgIpc) is 3.11. The summed E-state index contributed by atoms with van der Waals surface area (Å²) in [5, 5.41) is 4.68. The van der Waals surface area contributed by atoms with Crippen LogP contribution >= 0.6 is 23.4 Å². The number of para-hydroxylation sites is 1. The summed E-state index contributed by atoms with van der Waals surface area (Å²) in [5.41, 5.74) is 2.31. The molecule has 0 saturated carbocycles. The fourth-order valence-electron chi connectivity index (χ4n) is 3.16. The van der Waals surface area contributed by atoms with E-state index in [0.717, 1.165) is 10.9 Å². The van der Waals surface area contributed by atoms with Crippen molar-refractivity contribution in [3.63, 3.8) is 0 Å². The van der Waals surface area contributed by atoms with Crippen molar-refractivity contribution in [2.24, 2.45) is 0 Å². The van der Waals surface area contributed by atoms with Crippen LogP contribution in [0.2, 0.25) is 5.02 Å². The van der Waals surface area contributed by atoms with Gasteiger partial charge in [-0.15, -0.1) is 0 Å². The maximum Gasteiger partial charge on any atom is 0.278 e. The molecular weight excluding hydrogens is 424 g/mol. The number of hydrogen-bond acceptors (Lipinski definition) is 5. The van der Waals surface area contributed by atoms with Gasteiger partial charge in [-0.2, -0.15) is 0 Å². The molecule has 2 heterocycles. The smallest absolute Gasteiger partial charge is 0.278 e. The molecule has 0 aliphatic rings. The van der Waals surface area contributed by atoms with Crippen LogP contribution in [0.4, 0.5) is 5.69 Å². The topological polar surface area (TPSA) is 89.0 Å². The Kier molecular flexibility index (Phi) is 6.08. The van der Waals surface area contributed by atoms with Gasteiger partial charge in [-0.05, 0) is 24.3 Å². The third-order valence-corrected chi connectivity index (χ3v) is 5.75. The zero-order valence-electron chi connectivity index (χ0n) is 16.1. The van der Waals surface area contributed by atoms with E-state index >= 15 is 0 Å². The van der Waals surface area contributed by atoms with Crippen LogP contribution in [-0.2, 0) is 16.1 Å². The lowest BCUT2D eigenvalue weighted by Gasteiger charge is -2.12. The zero-order valence-corrected chi connectivity index (χ0v) is 17.7. The Hall–Kier alpha value is -2.81. The number of nitrogens with one attached hydrogen (secondary N) is 2. The summed E-state index contributed by atoms with van der Waals surface area (Å²) >= 11 is 7.17. The number of fused-ring (bicyclic) bond motifs is 3. The molecule has 0 saturated heterocycles. The van der Waals surface area contributed by atoms with Crippen molar-refractivity contribution >= 4 is 56.9 Å². The molecule has 9 heteroatoms. The molecule has 2 N–H and O–H groups in total. The standard InChI is InChI=1S/C21H19ClN4O3S/c1-29-10-9-26-20(28)19-18(15-7-2-3-8-16(15)24-19)25-21(26)30-12-17(27)23-14-6-4-5-13(22)11-14/h2-8,11,24H,9-10,12H2,1H3,(H,23,27). The molecule has 4 rings (SSSR count). The summed E-state index contributed by atoms with van der Waals surface area (Å²) in [5.74, 6) is -0.117. The van der Waals surface area contributed by atoms with E-state index in [-0.39, 0.29) is 17.2 Å². The van der Waals surface area contributed by atoms with Crippen molar-refractivity contribution in [3.8, 4) is 0 Å². The number of nitrogens with zero attached hydrogens (tertiary/aromatic N) is 2. The lowest BCUT2D eigenvalue weighted by Crippen LogP contribution is -2.26. The monoisotopic (exact) mass is 442 g/mol. The van der Waals surface area contributed by atoms with E-state index in [4.69, 9.17) is 21.3 Å². The van der Waals surface area contributed by atoms with Gasteiger partial charge in [0, 0.05) is 28.7 Å². The minimum Gasteiger partial charge on any atom is -0.383 e. The molecule has 30 heavy (non-hydrogen) atoms. The molecule has 2 aromatic carbocycles. The molecule has 0 spiro atoms. The van der Waals surface area contributed by atoms with Crippen molar-refractivity contribution in [2.75, 3.05) is 24.8 Å². The number of hydrogen-bond donors (Lipinski definition) is 2. The highest BCUT2D eigenvalue weighted by Crippen LogP contribution is 2.25. The minimum absolute atomic E-state index is 0.0970. The van der Waals surface area contributed by atoms with Gasteiger partial charge in [0.15, 0.2) is 5.16 Å². The fraction of sp³-hybridized carbons (Fsp3) is 0.190. The first kappa shape index (κ1) is 20.5. The number of benzene rings is 2. The second kappa shape index (κ2) is 8.91. The van der Waals surface area contributed by atoms with Crippen molar-refractivity contribution in [2.45, 2.75) is 11.7 Å². The van der Waals surface area contributed by atoms with Crippen LogP contribution in [0, 0.1) is 0 Å². The lowest BCUT2D eigenvalue weighted by molar-refractivity contribution is -0.113.